The lowest BCUT2D eigenvalue weighted by Crippen LogP contribution is -2.35. The van der Waals surface area contributed by atoms with Crippen LogP contribution in [0.25, 0.3) is 169 Å². The predicted molar refractivity (Wildman–Crippen MR) is 394 cm³/mol. The average molecular weight is 1250 g/mol. The van der Waals surface area contributed by atoms with Crippen LogP contribution in [-0.2, 0) is 5.41 Å². The van der Waals surface area contributed by atoms with E-state index >= 15 is 4.79 Å². The summed E-state index contributed by atoms with van der Waals surface area (Å²) in [6.45, 7) is 4.38. The Hall–Kier alpha value is -12.4. The van der Waals surface area contributed by atoms with Gasteiger partial charge in [-0.15, -0.1) is 0 Å². The molecule has 0 radical (unpaired) electrons. The molecular weight excluding hydrogens is 1200 g/mol. The molecule has 0 aliphatic carbocycles. The maximum Gasteiger partial charge on any atom is 0.266 e. The third-order valence-electron chi connectivity index (χ3n) is 20.6. The van der Waals surface area contributed by atoms with E-state index in [4.69, 9.17) is 9.97 Å². The number of benzene rings is 13. The number of para-hydroxylation sites is 8. The molecule has 0 unspecified atom stereocenters. The molecule has 0 N–H and O–H groups in total. The van der Waals surface area contributed by atoms with Gasteiger partial charge in [0.2, 0.25) is 0 Å². The van der Waals surface area contributed by atoms with E-state index in [9.17, 15) is 4.79 Å². The van der Waals surface area contributed by atoms with E-state index in [1.54, 1.807) is 4.40 Å². The summed E-state index contributed by atoms with van der Waals surface area (Å²) in [6.07, 6.45) is 0. The Morgan fingerprint density at radius 2 is 0.792 bits per heavy atom. The minimum absolute atomic E-state index is 0.0748. The van der Waals surface area contributed by atoms with Gasteiger partial charge in [-0.3, -0.25) is 14.2 Å². The second-order valence-electron chi connectivity index (χ2n) is 26.1. The molecular formula is C85H52N8O2S. The second-order valence-corrected chi connectivity index (χ2v) is 27.1. The summed E-state index contributed by atoms with van der Waals surface area (Å²) < 4.78 is 13.9. The maximum atomic E-state index is 15.5. The van der Waals surface area contributed by atoms with Crippen molar-refractivity contribution in [1.82, 2.24) is 37.2 Å². The molecule has 0 atom stereocenters. The monoisotopic (exact) mass is 1250 g/mol. The van der Waals surface area contributed by atoms with Crippen LogP contribution < -0.4 is 5.56 Å². The molecule has 7 aromatic heterocycles. The number of hydrogen-bond acceptors (Lipinski definition) is 5. The number of carbonyl (C=O) groups is 1. The van der Waals surface area contributed by atoms with Crippen molar-refractivity contribution in [3.05, 3.63) is 306 Å². The summed E-state index contributed by atoms with van der Waals surface area (Å²) in [5, 5.41) is 9.87. The maximum absolute atomic E-state index is 15.5. The van der Waals surface area contributed by atoms with E-state index < -0.39 is 5.41 Å². The largest absolute Gasteiger partial charge is 0.309 e. The Balaban J connectivity index is 0.642. The zero-order valence-corrected chi connectivity index (χ0v) is 52.7. The van der Waals surface area contributed by atoms with Crippen molar-refractivity contribution in [3.8, 4) is 45.0 Å². The van der Waals surface area contributed by atoms with E-state index in [1.807, 2.05) is 47.0 Å². The lowest BCUT2D eigenvalue weighted by molar-refractivity contribution is 0.0948. The van der Waals surface area contributed by atoms with E-state index in [-0.39, 0.29) is 11.5 Å². The number of hydrogen-bond donors (Lipinski definition) is 0. The molecule has 450 valence electrons. The molecule has 0 spiro atoms. The molecule has 10 nitrogen and oxygen atoms in total. The highest BCUT2D eigenvalue weighted by atomic mass is 32.1. The van der Waals surface area contributed by atoms with Crippen molar-refractivity contribution in [3.63, 3.8) is 0 Å². The Labute approximate surface area is 550 Å². The normalized spacial score (nSPS) is 13.2. The van der Waals surface area contributed by atoms with Gasteiger partial charge >= 0.3 is 0 Å². The van der Waals surface area contributed by atoms with E-state index in [0.717, 1.165) is 149 Å². The molecule has 96 heavy (non-hydrogen) atoms. The summed E-state index contributed by atoms with van der Waals surface area (Å²) in [7, 11) is 0. The Bertz CT molecular complexity index is 6910. The first-order valence-electron chi connectivity index (χ1n) is 32.5. The molecule has 21 rings (SSSR count). The number of nitrogens with zero attached hydrogens (tertiary/aromatic N) is 8. The number of rotatable bonds is 6. The average Bonchev–Trinajstić information content (AvgIpc) is 0.981. The quantitative estimate of drug-likeness (QED) is 0.166. The molecule has 1 aliphatic rings. The fourth-order valence-electron chi connectivity index (χ4n) is 16.2. The third-order valence-corrected chi connectivity index (χ3v) is 21.6. The lowest BCUT2D eigenvalue weighted by Gasteiger charge is -2.32. The standard InChI is InChI=1S/C85H52N8O2S/c1-85(2)67-39-37-54(90-71-27-13-7-20-58(71)62-44-51(34-41-74(62)90)50-33-40-73-61(43-50)57-19-6-11-25-69(57)88(73)52-17-4-3-5-18-52)45-65(67)81(94)92-76-30-16-23-56(80(76)87-83(85)92)49-31-35-53(36-32-49)89-70-26-12-8-21-59(70)63-48-78-64(47-77(63)89)60-22-9-14-28-72(60)91(78)55-38-42-79-66(46-55)82(95)93-75-29-15-10-24-68(75)86-84(93)96-79/h3-48H,1-2H3. The van der Waals surface area contributed by atoms with Crippen LogP contribution in [0.15, 0.2) is 284 Å². The fourth-order valence-corrected chi connectivity index (χ4v) is 17.2. The van der Waals surface area contributed by atoms with Gasteiger partial charge in [-0.1, -0.05) is 157 Å². The van der Waals surface area contributed by atoms with Gasteiger partial charge in [0, 0.05) is 87.1 Å². The summed E-state index contributed by atoms with van der Waals surface area (Å²) in [5.74, 6) is 0.629. The third kappa shape index (κ3) is 7.23. The van der Waals surface area contributed by atoms with Crippen molar-refractivity contribution < 1.29 is 4.79 Å². The molecule has 13 aromatic carbocycles. The van der Waals surface area contributed by atoms with Crippen LogP contribution in [0.1, 0.15) is 35.6 Å². The number of imidazole rings is 2. The van der Waals surface area contributed by atoms with Crippen LogP contribution in [0.3, 0.4) is 0 Å². The zero-order valence-electron chi connectivity index (χ0n) is 51.9. The van der Waals surface area contributed by atoms with Crippen LogP contribution in [-0.4, -0.2) is 43.1 Å². The molecule has 20 aromatic rings. The first kappa shape index (κ1) is 53.1. The Morgan fingerprint density at radius 1 is 0.323 bits per heavy atom. The number of fused-ring (bicyclic) bond motifs is 20. The van der Waals surface area contributed by atoms with Gasteiger partial charge in [0.05, 0.1) is 71.6 Å². The van der Waals surface area contributed by atoms with Crippen molar-refractivity contribution in [2.24, 2.45) is 0 Å². The first-order valence-corrected chi connectivity index (χ1v) is 33.3. The Kier molecular flexibility index (Phi) is 10.7. The molecule has 0 fully saturated rings. The Morgan fingerprint density at radius 3 is 1.42 bits per heavy atom. The van der Waals surface area contributed by atoms with Gasteiger partial charge in [0.15, 0.2) is 4.96 Å². The number of carbonyl (C=O) groups excluding carboxylic acids is 1. The van der Waals surface area contributed by atoms with Gasteiger partial charge in [-0.05, 0) is 170 Å². The van der Waals surface area contributed by atoms with Gasteiger partial charge in [0.25, 0.3) is 11.5 Å². The number of aromatic nitrogens is 8. The minimum atomic E-state index is -0.611. The van der Waals surface area contributed by atoms with Crippen LogP contribution in [0.5, 0.6) is 0 Å². The van der Waals surface area contributed by atoms with Crippen molar-refractivity contribution in [2.45, 2.75) is 19.3 Å². The SMILES string of the molecule is CC1(C)c2ccc(-n3c4ccccc4c4cc(-c5ccc6c(c5)c5ccccc5n6-c5ccccc5)ccc43)cc2C(=O)n2c1nc1c(-c3ccc(-n4c5ccccc5c5cc6c(cc54)c4ccccc4n6-c4ccc5sc6nc7ccccc7n6c(=O)c5c4)cc3)cccc12. The van der Waals surface area contributed by atoms with Crippen LogP contribution in [0.4, 0.5) is 0 Å². The summed E-state index contributed by atoms with van der Waals surface area (Å²) >= 11 is 1.53. The van der Waals surface area contributed by atoms with Crippen molar-refractivity contribution in [2.75, 3.05) is 0 Å². The molecule has 0 bridgehead atoms. The van der Waals surface area contributed by atoms with Crippen LogP contribution >= 0.6 is 11.3 Å². The summed E-state index contributed by atoms with van der Waals surface area (Å²) in [5.41, 5.74) is 21.1. The first-order chi connectivity index (χ1) is 47.2. The summed E-state index contributed by atoms with van der Waals surface area (Å²) in [6, 6.07) is 98.8. The van der Waals surface area contributed by atoms with E-state index in [2.05, 4.69) is 269 Å². The molecule has 0 amide bonds. The van der Waals surface area contributed by atoms with Crippen molar-refractivity contribution >= 4 is 142 Å². The topological polar surface area (TPSA) is 89.0 Å². The molecule has 0 saturated heterocycles. The highest BCUT2D eigenvalue weighted by Crippen LogP contribution is 2.46. The second kappa shape index (κ2) is 19.3. The van der Waals surface area contributed by atoms with E-state index in [1.165, 1.54) is 33.1 Å². The van der Waals surface area contributed by atoms with Gasteiger partial charge < -0.3 is 18.3 Å². The smallest absolute Gasteiger partial charge is 0.266 e. The highest BCUT2D eigenvalue weighted by Gasteiger charge is 2.40. The minimum Gasteiger partial charge on any atom is -0.309 e. The van der Waals surface area contributed by atoms with Crippen LogP contribution in [0.2, 0.25) is 0 Å². The highest BCUT2D eigenvalue weighted by molar-refractivity contribution is 7.23. The summed E-state index contributed by atoms with van der Waals surface area (Å²) in [4.78, 5) is 40.8. The molecule has 0 saturated carbocycles. The fraction of sp³-hybridized carbons (Fsp3) is 0.0353. The lowest BCUT2D eigenvalue weighted by atomic mass is 9.78. The van der Waals surface area contributed by atoms with Gasteiger partial charge in [-0.25, -0.2) is 14.4 Å². The van der Waals surface area contributed by atoms with Gasteiger partial charge in [-0.2, -0.15) is 0 Å². The zero-order chi connectivity index (χ0) is 63.4. The molecule has 1 aliphatic heterocycles. The predicted octanol–water partition coefficient (Wildman–Crippen LogP) is 20.5. The molecule has 8 heterocycles. The molecule has 11 heteroatoms. The van der Waals surface area contributed by atoms with Crippen molar-refractivity contribution in [1.29, 1.82) is 0 Å². The van der Waals surface area contributed by atoms with E-state index in [0.29, 0.717) is 15.9 Å². The van der Waals surface area contributed by atoms with Crippen LogP contribution in [0, 0.1) is 0 Å². The van der Waals surface area contributed by atoms with Gasteiger partial charge in [0.1, 0.15) is 5.82 Å².